The van der Waals surface area contributed by atoms with Gasteiger partial charge in [0.15, 0.2) is 0 Å². The Morgan fingerprint density at radius 1 is 0.923 bits per heavy atom. The normalized spacial score (nSPS) is 13.1. The molecular weight excluding hydrogens is 547 g/mol. The number of benzene rings is 3. The second kappa shape index (κ2) is 10.8. The minimum Gasteiger partial charge on any atom is -0.478 e. The second-order valence-electron chi connectivity index (χ2n) is 8.10. The number of rotatable bonds is 5. The average molecular weight is 567 g/mol. The lowest BCUT2D eigenvalue weighted by atomic mass is 9.95. The van der Waals surface area contributed by atoms with Gasteiger partial charge in [-0.3, -0.25) is 9.59 Å². The van der Waals surface area contributed by atoms with Gasteiger partial charge < -0.3 is 9.84 Å². The molecule has 1 aliphatic rings. The van der Waals surface area contributed by atoms with E-state index in [-0.39, 0.29) is 33.7 Å². The van der Waals surface area contributed by atoms with E-state index in [0.29, 0.717) is 16.5 Å². The van der Waals surface area contributed by atoms with Gasteiger partial charge in [-0.05, 0) is 55.5 Å². The number of carbonyl (C=O) groups excluding carboxylic acids is 3. The van der Waals surface area contributed by atoms with Crippen molar-refractivity contribution in [3.8, 4) is 0 Å². The number of amides is 2. The molecule has 0 spiro atoms. The molecule has 0 fully saturated rings. The fourth-order valence-corrected chi connectivity index (χ4v) is 4.14. The summed E-state index contributed by atoms with van der Waals surface area (Å²) in [5.41, 5.74) is -4.22. The maximum Gasteiger partial charge on any atom is 0.525 e. The molecule has 0 bridgehead atoms. The number of carboxylic acid groups (broad SMARTS) is 1. The van der Waals surface area contributed by atoms with Crippen molar-refractivity contribution in [1.82, 2.24) is 5.06 Å². The predicted molar refractivity (Wildman–Crippen MR) is 129 cm³/mol. The molecule has 2 amide bonds. The van der Waals surface area contributed by atoms with Crippen molar-refractivity contribution in [2.24, 2.45) is 0 Å². The van der Waals surface area contributed by atoms with Gasteiger partial charge in [0.05, 0.1) is 28.9 Å². The van der Waals surface area contributed by atoms with Crippen LogP contribution in [-0.2, 0) is 19.1 Å². The van der Waals surface area contributed by atoms with E-state index < -0.39 is 39.4 Å². The van der Waals surface area contributed by atoms with Crippen molar-refractivity contribution in [1.29, 1.82) is 0 Å². The van der Waals surface area contributed by atoms with Crippen LogP contribution in [0.25, 0.3) is 10.8 Å². The molecule has 3 aromatic rings. The summed E-state index contributed by atoms with van der Waals surface area (Å²) in [5.74, 6) is -4.09. The Balaban J connectivity index is 0.000000231. The quantitative estimate of drug-likeness (QED) is 0.270. The first-order valence-electron chi connectivity index (χ1n) is 11.0. The Labute approximate surface area is 219 Å². The van der Waals surface area contributed by atoms with Gasteiger partial charge in [0, 0.05) is 5.39 Å². The minimum absolute atomic E-state index is 0.130. The van der Waals surface area contributed by atoms with Gasteiger partial charge in [-0.15, -0.1) is 9.35 Å². The lowest BCUT2D eigenvalue weighted by Crippen LogP contribution is -2.44. The van der Waals surface area contributed by atoms with Gasteiger partial charge in [0.25, 0.3) is 11.8 Å². The molecule has 0 aliphatic carbocycles. The maximum absolute atomic E-state index is 12.4. The number of carboxylic acids is 1. The van der Waals surface area contributed by atoms with Crippen LogP contribution < -0.4 is 0 Å². The van der Waals surface area contributed by atoms with Crippen molar-refractivity contribution in [3.63, 3.8) is 0 Å². The molecule has 206 valence electrons. The third-order valence-electron chi connectivity index (χ3n) is 5.49. The summed E-state index contributed by atoms with van der Waals surface area (Å²) in [4.78, 5) is 46.8. The Morgan fingerprint density at radius 2 is 1.44 bits per heavy atom. The number of alkyl halides is 3. The summed E-state index contributed by atoms with van der Waals surface area (Å²) >= 11 is 0. The molecule has 1 N–H and O–H groups in total. The van der Waals surface area contributed by atoms with Crippen molar-refractivity contribution in [2.45, 2.75) is 26.3 Å². The Kier molecular flexibility index (Phi) is 8.12. The second-order valence-corrected chi connectivity index (χ2v) is 9.62. The zero-order chi connectivity index (χ0) is 29.3. The van der Waals surface area contributed by atoms with Crippen LogP contribution in [0.3, 0.4) is 0 Å². The zero-order valence-electron chi connectivity index (χ0n) is 20.5. The van der Waals surface area contributed by atoms with Crippen molar-refractivity contribution < 1.29 is 54.9 Å². The first kappa shape index (κ1) is 29.3. The van der Waals surface area contributed by atoms with Crippen LogP contribution in [0.2, 0.25) is 0 Å². The molecular formula is C25H20F3NO9S. The number of hydrogen-bond donors (Lipinski definition) is 1. The van der Waals surface area contributed by atoms with E-state index in [4.69, 9.17) is 9.84 Å². The van der Waals surface area contributed by atoms with E-state index in [9.17, 15) is 40.8 Å². The van der Waals surface area contributed by atoms with Gasteiger partial charge in [-0.1, -0.05) is 30.3 Å². The smallest absolute Gasteiger partial charge is 0.478 e. The monoisotopic (exact) mass is 567 g/mol. The van der Waals surface area contributed by atoms with Crippen LogP contribution in [0.4, 0.5) is 13.2 Å². The predicted octanol–water partition coefficient (Wildman–Crippen LogP) is 4.40. The lowest BCUT2D eigenvalue weighted by molar-refractivity contribution is -0.0761. The van der Waals surface area contributed by atoms with Crippen molar-refractivity contribution >= 4 is 44.6 Å². The van der Waals surface area contributed by atoms with Crippen LogP contribution in [0.5, 0.6) is 0 Å². The fourth-order valence-electron chi connectivity index (χ4n) is 3.73. The molecule has 3 aromatic carbocycles. The zero-order valence-corrected chi connectivity index (χ0v) is 21.3. The number of carbonyl (C=O) groups is 4. The van der Waals surface area contributed by atoms with Gasteiger partial charge in [-0.25, -0.2) is 9.59 Å². The molecule has 39 heavy (non-hydrogen) atoms. The summed E-state index contributed by atoms with van der Waals surface area (Å²) < 4.78 is 67.9. The van der Waals surface area contributed by atoms with E-state index in [0.717, 1.165) is 5.56 Å². The molecule has 0 radical (unpaired) electrons. The molecule has 4 rings (SSSR count). The molecule has 1 aliphatic heterocycles. The van der Waals surface area contributed by atoms with E-state index in [1.165, 1.54) is 30.3 Å². The van der Waals surface area contributed by atoms with Crippen molar-refractivity contribution in [3.05, 3.63) is 81.9 Å². The number of esters is 1. The highest BCUT2D eigenvalue weighted by molar-refractivity contribution is 7.87. The highest BCUT2D eigenvalue weighted by Gasteiger charge is 2.51. The van der Waals surface area contributed by atoms with E-state index in [2.05, 4.69) is 4.28 Å². The number of imide groups is 1. The Bertz CT molecular complexity index is 1560. The number of aromatic carboxylic acids is 1. The number of aryl methyl sites for hydroxylation is 2. The van der Waals surface area contributed by atoms with E-state index in [1.54, 1.807) is 39.0 Å². The SMILES string of the molecule is CCOC(=O)c1cc(C(=O)O)c(C)cc1C.O=C1c2cccc3cccc(c23)C(=O)N1OS(=O)(=O)C(F)(F)F. The van der Waals surface area contributed by atoms with E-state index >= 15 is 0 Å². The van der Waals surface area contributed by atoms with E-state index in [1.807, 2.05) is 0 Å². The van der Waals surface area contributed by atoms with Crippen LogP contribution >= 0.6 is 0 Å². The third-order valence-corrected chi connectivity index (χ3v) is 6.40. The fraction of sp³-hybridized carbons (Fsp3) is 0.200. The number of ether oxygens (including phenoxy) is 1. The van der Waals surface area contributed by atoms with Crippen molar-refractivity contribution in [2.75, 3.05) is 6.61 Å². The molecule has 10 nitrogen and oxygen atoms in total. The summed E-state index contributed by atoms with van der Waals surface area (Å²) in [6, 6.07) is 11.7. The summed E-state index contributed by atoms with van der Waals surface area (Å²) in [7, 11) is -6.15. The number of halogens is 3. The first-order chi connectivity index (χ1) is 18.1. The van der Waals surface area contributed by atoms with Gasteiger partial charge in [-0.2, -0.15) is 21.6 Å². The third kappa shape index (κ3) is 5.76. The highest BCUT2D eigenvalue weighted by atomic mass is 32.2. The van der Waals surface area contributed by atoms with Crippen LogP contribution in [0, 0.1) is 13.8 Å². The molecule has 0 saturated carbocycles. The molecule has 0 atom stereocenters. The standard InChI is InChI=1S/C13H6F3NO5S.C12H14O4/c14-13(15,16)23(20,21)22-17-11(18)8-5-1-3-7-4-2-6-9(10(7)8)12(17)19;1-4-16-12(15)10-6-9(11(13)14)7(2)5-8(10)3/h1-6H;5-6H,4H2,1-3H3,(H,13,14). The summed E-state index contributed by atoms with van der Waals surface area (Å²) in [6.07, 6.45) is 0. The Morgan fingerprint density at radius 3 is 1.90 bits per heavy atom. The number of hydroxylamine groups is 2. The molecule has 0 saturated heterocycles. The maximum atomic E-state index is 12.4. The first-order valence-corrected chi connectivity index (χ1v) is 12.4. The van der Waals surface area contributed by atoms with Crippen LogP contribution in [-0.4, -0.2) is 54.5 Å². The topological polar surface area (TPSA) is 144 Å². The largest absolute Gasteiger partial charge is 0.525 e. The lowest BCUT2D eigenvalue weighted by Gasteiger charge is -2.25. The van der Waals surface area contributed by atoms with Crippen LogP contribution in [0.15, 0.2) is 48.5 Å². The summed E-state index contributed by atoms with van der Waals surface area (Å²) in [5, 5.41) is 9.30. The van der Waals surface area contributed by atoms with Crippen LogP contribution in [0.1, 0.15) is 59.5 Å². The highest BCUT2D eigenvalue weighted by Crippen LogP contribution is 2.33. The summed E-state index contributed by atoms with van der Waals surface area (Å²) in [6.45, 7) is 5.43. The Hall–Kier alpha value is -4.30. The van der Waals surface area contributed by atoms with Gasteiger partial charge >= 0.3 is 27.6 Å². The minimum atomic E-state index is -6.15. The molecule has 1 heterocycles. The number of nitrogens with zero attached hydrogens (tertiary/aromatic N) is 1. The average Bonchev–Trinajstić information content (AvgIpc) is 2.84. The molecule has 0 aromatic heterocycles. The van der Waals surface area contributed by atoms with Gasteiger partial charge in [0.1, 0.15) is 0 Å². The molecule has 0 unspecified atom stereocenters. The van der Waals surface area contributed by atoms with Gasteiger partial charge in [0.2, 0.25) is 0 Å². The number of hydrogen-bond acceptors (Lipinski definition) is 8. The molecule has 14 heteroatoms.